The molecule has 3 rings (SSSR count). The summed E-state index contributed by atoms with van der Waals surface area (Å²) in [5, 5.41) is 0.187. The van der Waals surface area contributed by atoms with Gasteiger partial charge in [-0.25, -0.2) is 4.98 Å². The van der Waals surface area contributed by atoms with Crippen molar-refractivity contribution in [3.05, 3.63) is 69.8 Å². The van der Waals surface area contributed by atoms with Crippen molar-refractivity contribution in [3.63, 3.8) is 0 Å². The molecule has 1 aromatic heterocycles. The summed E-state index contributed by atoms with van der Waals surface area (Å²) in [5.41, 5.74) is 4.05. The minimum atomic E-state index is -4.51. The van der Waals surface area contributed by atoms with Crippen LogP contribution < -0.4 is 11.3 Å². The molecule has 0 spiro atoms. The number of hydrogen-bond acceptors (Lipinski definition) is 5. The third kappa shape index (κ3) is 6.46. The Labute approximate surface area is 199 Å². The lowest BCUT2D eigenvalue weighted by molar-refractivity contribution is -0.155. The Balaban J connectivity index is 1.97. The van der Waals surface area contributed by atoms with Crippen LogP contribution in [-0.4, -0.2) is 27.0 Å². The van der Waals surface area contributed by atoms with Crippen LogP contribution in [0, 0.1) is 0 Å². The number of fused-ring (bicyclic) bond motifs is 1. The van der Waals surface area contributed by atoms with Crippen LogP contribution in [0.4, 0.5) is 13.2 Å². The molecule has 0 aliphatic rings. The van der Waals surface area contributed by atoms with Gasteiger partial charge in [0.25, 0.3) is 5.56 Å². The highest BCUT2D eigenvalue weighted by Crippen LogP contribution is 2.29. The number of hydrogen-bond donors (Lipinski definition) is 1. The Kier molecular flexibility index (Phi) is 7.33. The molecular formula is C25H26F3N3O4. The van der Waals surface area contributed by atoms with Gasteiger partial charge in [0.05, 0.1) is 22.2 Å². The highest BCUT2D eigenvalue weighted by Gasteiger charge is 2.30. The molecule has 3 aromatic rings. The molecule has 7 nitrogen and oxygen atoms in total. The van der Waals surface area contributed by atoms with E-state index in [2.05, 4.69) is 4.98 Å². The zero-order valence-electron chi connectivity index (χ0n) is 19.6. The Morgan fingerprint density at radius 1 is 1.03 bits per heavy atom. The molecule has 0 radical (unpaired) electrons. The standard InChI is InChI=1S/C25H26F3N3O4/c1-24(2,3)35-21(32)7-5-4-6-20-30-19-14-15(22(29)33)8-13-18(19)23(34)31(20)17-11-9-16(10-12-17)25(26,27)28/h8-14H,4-7H2,1-3H3,(H2,29,33). The normalized spacial score (nSPS) is 12.1. The monoisotopic (exact) mass is 489 g/mol. The van der Waals surface area contributed by atoms with Crippen molar-refractivity contribution in [2.75, 3.05) is 0 Å². The van der Waals surface area contributed by atoms with Gasteiger partial charge in [-0.2, -0.15) is 13.2 Å². The molecule has 0 fully saturated rings. The summed E-state index contributed by atoms with van der Waals surface area (Å²) in [6, 6.07) is 8.42. The van der Waals surface area contributed by atoms with E-state index in [1.54, 1.807) is 20.8 Å². The summed E-state index contributed by atoms with van der Waals surface area (Å²) in [7, 11) is 0. The number of benzene rings is 2. The van der Waals surface area contributed by atoms with Crippen molar-refractivity contribution in [2.24, 2.45) is 5.73 Å². The molecule has 2 N–H and O–H groups in total. The zero-order valence-corrected chi connectivity index (χ0v) is 19.6. The number of aromatic nitrogens is 2. The average molecular weight is 489 g/mol. The number of nitrogens with zero attached hydrogens (tertiary/aromatic N) is 2. The van der Waals surface area contributed by atoms with E-state index in [4.69, 9.17) is 10.5 Å². The Hall–Kier alpha value is -3.69. The minimum absolute atomic E-state index is 0.168. The number of primary amides is 1. The molecule has 0 aliphatic carbocycles. The fourth-order valence-electron chi connectivity index (χ4n) is 3.56. The van der Waals surface area contributed by atoms with E-state index in [-0.39, 0.29) is 46.8 Å². The molecule has 35 heavy (non-hydrogen) atoms. The summed E-state index contributed by atoms with van der Waals surface area (Å²) < 4.78 is 45.6. The highest BCUT2D eigenvalue weighted by atomic mass is 19.4. The summed E-state index contributed by atoms with van der Waals surface area (Å²) in [4.78, 5) is 41.4. The fraction of sp³-hybridized carbons (Fsp3) is 0.360. The Morgan fingerprint density at radius 3 is 2.26 bits per heavy atom. The van der Waals surface area contributed by atoms with Crippen LogP contribution in [0.1, 0.15) is 61.8 Å². The van der Waals surface area contributed by atoms with Crippen molar-refractivity contribution in [3.8, 4) is 5.69 Å². The molecule has 0 bridgehead atoms. The molecule has 0 atom stereocenters. The number of esters is 1. The predicted molar refractivity (Wildman–Crippen MR) is 124 cm³/mol. The zero-order chi connectivity index (χ0) is 26.0. The number of carbonyl (C=O) groups excluding carboxylic acids is 2. The number of ether oxygens (including phenoxy) is 1. The molecule has 0 unspecified atom stereocenters. The van der Waals surface area contributed by atoms with Gasteiger partial charge in [-0.05, 0) is 76.1 Å². The van der Waals surface area contributed by atoms with Gasteiger partial charge in [-0.1, -0.05) is 0 Å². The lowest BCUT2D eigenvalue weighted by atomic mass is 10.1. The van der Waals surface area contributed by atoms with Crippen molar-refractivity contribution >= 4 is 22.8 Å². The average Bonchev–Trinajstić information content (AvgIpc) is 2.75. The number of nitrogens with two attached hydrogens (primary N) is 1. The SMILES string of the molecule is CC(C)(C)OC(=O)CCCCc1nc2cc(C(N)=O)ccc2c(=O)n1-c1ccc(C(F)(F)F)cc1. The molecule has 1 amide bonds. The van der Waals surface area contributed by atoms with E-state index < -0.39 is 28.8 Å². The van der Waals surface area contributed by atoms with Crippen molar-refractivity contribution < 1.29 is 27.5 Å². The van der Waals surface area contributed by atoms with Gasteiger partial charge >= 0.3 is 12.1 Å². The van der Waals surface area contributed by atoms with E-state index in [9.17, 15) is 27.6 Å². The smallest absolute Gasteiger partial charge is 0.416 e. The quantitative estimate of drug-likeness (QED) is 0.387. The lowest BCUT2D eigenvalue weighted by Crippen LogP contribution is -2.25. The maximum atomic E-state index is 13.3. The number of unbranched alkanes of at least 4 members (excludes halogenated alkanes) is 1. The number of halogens is 3. The van der Waals surface area contributed by atoms with Crippen molar-refractivity contribution in [2.45, 2.75) is 58.2 Å². The van der Waals surface area contributed by atoms with Gasteiger partial charge in [-0.15, -0.1) is 0 Å². The maximum Gasteiger partial charge on any atom is 0.416 e. The first-order valence-corrected chi connectivity index (χ1v) is 11.0. The Morgan fingerprint density at radius 2 is 1.69 bits per heavy atom. The summed E-state index contributed by atoms with van der Waals surface area (Å²) >= 11 is 0. The second-order valence-electron chi connectivity index (χ2n) is 9.10. The number of rotatable bonds is 7. The number of alkyl halides is 3. The van der Waals surface area contributed by atoms with E-state index in [1.807, 2.05) is 0 Å². The van der Waals surface area contributed by atoms with Gasteiger partial charge in [0.1, 0.15) is 11.4 Å². The van der Waals surface area contributed by atoms with Gasteiger partial charge in [-0.3, -0.25) is 19.0 Å². The van der Waals surface area contributed by atoms with Crippen LogP contribution in [0.2, 0.25) is 0 Å². The lowest BCUT2D eigenvalue weighted by Gasteiger charge is -2.19. The summed E-state index contributed by atoms with van der Waals surface area (Å²) in [6.07, 6.45) is -3.16. The number of amides is 1. The van der Waals surface area contributed by atoms with Crippen LogP contribution in [0.5, 0.6) is 0 Å². The Bertz CT molecular complexity index is 1310. The van der Waals surface area contributed by atoms with Crippen molar-refractivity contribution in [1.29, 1.82) is 0 Å². The first-order chi connectivity index (χ1) is 16.3. The van der Waals surface area contributed by atoms with E-state index >= 15 is 0 Å². The molecular weight excluding hydrogens is 463 g/mol. The largest absolute Gasteiger partial charge is 0.460 e. The third-order valence-corrected chi connectivity index (χ3v) is 5.13. The first-order valence-electron chi connectivity index (χ1n) is 11.0. The molecule has 186 valence electrons. The van der Waals surface area contributed by atoms with Crippen LogP contribution in [0.15, 0.2) is 47.3 Å². The van der Waals surface area contributed by atoms with E-state index in [0.29, 0.717) is 12.8 Å². The first kappa shape index (κ1) is 25.9. The molecule has 0 aliphatic heterocycles. The maximum absolute atomic E-state index is 13.3. The summed E-state index contributed by atoms with van der Waals surface area (Å²) in [5.74, 6) is -0.747. The second kappa shape index (κ2) is 9.89. The number of aryl methyl sites for hydroxylation is 1. The van der Waals surface area contributed by atoms with Crippen LogP contribution in [0.3, 0.4) is 0 Å². The second-order valence-corrected chi connectivity index (χ2v) is 9.10. The van der Waals surface area contributed by atoms with E-state index in [0.717, 1.165) is 12.1 Å². The molecule has 1 heterocycles. The van der Waals surface area contributed by atoms with Crippen molar-refractivity contribution in [1.82, 2.24) is 9.55 Å². The van der Waals surface area contributed by atoms with E-state index in [1.165, 1.54) is 34.9 Å². The topological polar surface area (TPSA) is 104 Å². The van der Waals surface area contributed by atoms with Crippen LogP contribution >= 0.6 is 0 Å². The van der Waals surface area contributed by atoms with Gasteiger partial charge < -0.3 is 10.5 Å². The molecule has 2 aromatic carbocycles. The third-order valence-electron chi connectivity index (χ3n) is 5.13. The van der Waals surface area contributed by atoms with Crippen LogP contribution in [0.25, 0.3) is 16.6 Å². The van der Waals surface area contributed by atoms with Crippen LogP contribution in [-0.2, 0) is 22.1 Å². The molecule has 10 heteroatoms. The minimum Gasteiger partial charge on any atom is -0.460 e. The van der Waals surface area contributed by atoms with Gasteiger partial charge in [0, 0.05) is 18.4 Å². The fourth-order valence-corrected chi connectivity index (χ4v) is 3.56. The van der Waals surface area contributed by atoms with Gasteiger partial charge in [0.2, 0.25) is 5.91 Å². The number of carbonyl (C=O) groups is 2. The predicted octanol–water partition coefficient (Wildman–Crippen LogP) is 4.56. The molecule has 0 saturated carbocycles. The highest BCUT2D eigenvalue weighted by molar-refractivity contribution is 5.96. The molecule has 0 saturated heterocycles. The van der Waals surface area contributed by atoms with Gasteiger partial charge in [0.15, 0.2) is 0 Å². The summed E-state index contributed by atoms with van der Waals surface area (Å²) in [6.45, 7) is 5.31.